The van der Waals surface area contributed by atoms with Crippen LogP contribution in [-0.2, 0) is 6.54 Å². The lowest BCUT2D eigenvalue weighted by molar-refractivity contribution is 0.0697. The first-order valence-corrected chi connectivity index (χ1v) is 6.14. The van der Waals surface area contributed by atoms with Crippen molar-refractivity contribution in [2.75, 3.05) is 19.1 Å². The summed E-state index contributed by atoms with van der Waals surface area (Å²) in [5.74, 6) is -0.325. The molecule has 0 unspecified atom stereocenters. The topological polar surface area (TPSA) is 62.7 Å². The molecule has 104 valence electrons. The normalized spacial score (nSPS) is 10.1. The molecule has 1 heterocycles. The van der Waals surface area contributed by atoms with E-state index in [0.717, 1.165) is 11.4 Å². The highest BCUT2D eigenvalue weighted by Gasteiger charge is 2.13. The Morgan fingerprint density at radius 2 is 2.15 bits per heavy atom. The van der Waals surface area contributed by atoms with Gasteiger partial charge in [0.1, 0.15) is 5.75 Å². The SMILES string of the molecule is COc1ccc(C(=O)O)cc1N(C)Cc1ccccn1. The minimum atomic E-state index is -0.958. The number of carboxylic acid groups (broad SMARTS) is 1. The maximum Gasteiger partial charge on any atom is 0.335 e. The molecule has 1 aromatic carbocycles. The van der Waals surface area contributed by atoms with Crippen LogP contribution in [0.25, 0.3) is 0 Å². The lowest BCUT2D eigenvalue weighted by atomic mass is 10.1. The van der Waals surface area contributed by atoms with Crippen molar-refractivity contribution in [3.8, 4) is 5.75 Å². The first kappa shape index (κ1) is 13.9. The van der Waals surface area contributed by atoms with Gasteiger partial charge in [-0.2, -0.15) is 0 Å². The Morgan fingerprint density at radius 1 is 1.35 bits per heavy atom. The van der Waals surface area contributed by atoms with Gasteiger partial charge in [0.05, 0.1) is 30.6 Å². The van der Waals surface area contributed by atoms with Crippen molar-refractivity contribution in [2.45, 2.75) is 6.54 Å². The van der Waals surface area contributed by atoms with E-state index >= 15 is 0 Å². The van der Waals surface area contributed by atoms with Gasteiger partial charge in [-0.15, -0.1) is 0 Å². The highest BCUT2D eigenvalue weighted by molar-refractivity contribution is 5.89. The Balaban J connectivity index is 2.30. The number of carbonyl (C=O) groups is 1. The van der Waals surface area contributed by atoms with E-state index < -0.39 is 5.97 Å². The molecule has 0 saturated carbocycles. The van der Waals surface area contributed by atoms with E-state index in [4.69, 9.17) is 9.84 Å². The van der Waals surface area contributed by atoms with Crippen LogP contribution in [0.1, 0.15) is 16.1 Å². The summed E-state index contributed by atoms with van der Waals surface area (Å²) in [4.78, 5) is 17.2. The van der Waals surface area contributed by atoms with Crippen LogP contribution in [0.15, 0.2) is 42.6 Å². The van der Waals surface area contributed by atoms with Crippen molar-refractivity contribution in [3.63, 3.8) is 0 Å². The summed E-state index contributed by atoms with van der Waals surface area (Å²) in [6, 6.07) is 10.5. The van der Waals surface area contributed by atoms with Crippen LogP contribution >= 0.6 is 0 Å². The van der Waals surface area contributed by atoms with Gasteiger partial charge in [-0.25, -0.2) is 4.79 Å². The average Bonchev–Trinajstić information content (AvgIpc) is 2.47. The summed E-state index contributed by atoms with van der Waals surface area (Å²) in [5, 5.41) is 9.07. The minimum absolute atomic E-state index is 0.230. The van der Waals surface area contributed by atoms with Crippen molar-refractivity contribution in [2.24, 2.45) is 0 Å². The Bertz CT molecular complexity index is 599. The summed E-state index contributed by atoms with van der Waals surface area (Å²) < 4.78 is 5.28. The van der Waals surface area contributed by atoms with E-state index in [9.17, 15) is 4.79 Å². The number of aromatic carboxylic acids is 1. The summed E-state index contributed by atoms with van der Waals surface area (Å²) in [6.45, 7) is 0.570. The van der Waals surface area contributed by atoms with Crippen molar-refractivity contribution < 1.29 is 14.6 Å². The molecule has 0 spiro atoms. The van der Waals surface area contributed by atoms with Gasteiger partial charge in [0.15, 0.2) is 0 Å². The molecule has 0 fully saturated rings. The van der Waals surface area contributed by atoms with Gasteiger partial charge in [0.25, 0.3) is 0 Å². The molecule has 5 heteroatoms. The van der Waals surface area contributed by atoms with Crippen molar-refractivity contribution in [1.29, 1.82) is 0 Å². The zero-order valence-corrected chi connectivity index (χ0v) is 11.4. The van der Waals surface area contributed by atoms with Crippen molar-refractivity contribution >= 4 is 11.7 Å². The van der Waals surface area contributed by atoms with Crippen molar-refractivity contribution in [3.05, 3.63) is 53.9 Å². The number of carboxylic acids is 1. The first-order valence-electron chi connectivity index (χ1n) is 6.14. The fourth-order valence-electron chi connectivity index (χ4n) is 1.94. The number of hydrogen-bond acceptors (Lipinski definition) is 4. The fourth-order valence-corrected chi connectivity index (χ4v) is 1.94. The number of rotatable bonds is 5. The van der Waals surface area contributed by atoms with Gasteiger partial charge in [-0.3, -0.25) is 4.98 Å². The highest BCUT2D eigenvalue weighted by atomic mass is 16.5. The van der Waals surface area contributed by atoms with Gasteiger partial charge in [-0.05, 0) is 30.3 Å². The maximum absolute atomic E-state index is 11.1. The molecular formula is C15H16N2O3. The first-order chi connectivity index (χ1) is 9.61. The standard InChI is InChI=1S/C15H16N2O3/c1-17(10-12-5-3-4-8-16-12)13-9-11(15(18)19)6-7-14(13)20-2/h3-9H,10H2,1-2H3,(H,18,19). The lowest BCUT2D eigenvalue weighted by Gasteiger charge is -2.21. The Labute approximate surface area is 117 Å². The van der Waals surface area contributed by atoms with Crippen LogP contribution < -0.4 is 9.64 Å². The molecular weight excluding hydrogens is 256 g/mol. The molecule has 2 aromatic rings. The molecule has 0 radical (unpaired) electrons. The molecule has 0 atom stereocenters. The number of aromatic nitrogens is 1. The predicted molar refractivity (Wildman–Crippen MR) is 76.3 cm³/mol. The van der Waals surface area contributed by atoms with Gasteiger partial charge < -0.3 is 14.7 Å². The van der Waals surface area contributed by atoms with E-state index in [-0.39, 0.29) is 5.56 Å². The summed E-state index contributed by atoms with van der Waals surface area (Å²) in [5.41, 5.74) is 1.85. The zero-order chi connectivity index (χ0) is 14.5. The van der Waals surface area contributed by atoms with E-state index in [1.165, 1.54) is 6.07 Å². The molecule has 1 N–H and O–H groups in total. The second-order valence-electron chi connectivity index (χ2n) is 4.37. The number of pyridine rings is 1. The molecule has 5 nitrogen and oxygen atoms in total. The third-order valence-corrected chi connectivity index (χ3v) is 2.96. The van der Waals surface area contributed by atoms with E-state index in [1.807, 2.05) is 30.1 Å². The Hall–Kier alpha value is -2.56. The average molecular weight is 272 g/mol. The number of anilines is 1. The molecule has 0 saturated heterocycles. The van der Waals surface area contributed by atoms with Crippen LogP contribution in [0.2, 0.25) is 0 Å². The third kappa shape index (κ3) is 3.06. The third-order valence-electron chi connectivity index (χ3n) is 2.96. The number of ether oxygens (including phenoxy) is 1. The van der Waals surface area contributed by atoms with Gasteiger partial charge in [0.2, 0.25) is 0 Å². The maximum atomic E-state index is 11.1. The lowest BCUT2D eigenvalue weighted by Crippen LogP contribution is -2.18. The second kappa shape index (κ2) is 6.06. The summed E-state index contributed by atoms with van der Waals surface area (Å²) in [7, 11) is 3.44. The molecule has 0 aliphatic heterocycles. The second-order valence-corrected chi connectivity index (χ2v) is 4.37. The molecule has 0 bridgehead atoms. The van der Waals surface area contributed by atoms with Gasteiger partial charge in [0, 0.05) is 13.2 Å². The van der Waals surface area contributed by atoms with Crippen LogP contribution in [0, 0.1) is 0 Å². The fraction of sp³-hybridized carbons (Fsp3) is 0.200. The van der Waals surface area contributed by atoms with Gasteiger partial charge >= 0.3 is 5.97 Å². The van der Waals surface area contributed by atoms with Crippen LogP contribution in [0.4, 0.5) is 5.69 Å². The van der Waals surface area contributed by atoms with E-state index in [1.54, 1.807) is 25.4 Å². The van der Waals surface area contributed by atoms with Crippen LogP contribution in [0.5, 0.6) is 5.75 Å². The number of benzene rings is 1. The smallest absolute Gasteiger partial charge is 0.335 e. The number of hydrogen-bond donors (Lipinski definition) is 1. The number of nitrogens with zero attached hydrogens (tertiary/aromatic N) is 2. The Morgan fingerprint density at radius 3 is 2.75 bits per heavy atom. The molecule has 1 aromatic heterocycles. The summed E-state index contributed by atoms with van der Waals surface area (Å²) in [6.07, 6.45) is 1.73. The zero-order valence-electron chi connectivity index (χ0n) is 11.4. The molecule has 20 heavy (non-hydrogen) atoms. The monoisotopic (exact) mass is 272 g/mol. The molecule has 2 rings (SSSR count). The molecule has 0 aliphatic rings. The van der Waals surface area contributed by atoms with Crippen molar-refractivity contribution in [1.82, 2.24) is 4.98 Å². The van der Waals surface area contributed by atoms with E-state index in [2.05, 4.69) is 4.98 Å². The molecule has 0 amide bonds. The number of methoxy groups -OCH3 is 1. The minimum Gasteiger partial charge on any atom is -0.495 e. The molecule has 0 aliphatic carbocycles. The summed E-state index contributed by atoms with van der Waals surface area (Å²) >= 11 is 0. The van der Waals surface area contributed by atoms with Crippen LogP contribution in [-0.4, -0.2) is 30.2 Å². The highest BCUT2D eigenvalue weighted by Crippen LogP contribution is 2.29. The Kier molecular flexibility index (Phi) is 4.20. The quantitative estimate of drug-likeness (QED) is 0.905. The van der Waals surface area contributed by atoms with Gasteiger partial charge in [-0.1, -0.05) is 6.07 Å². The van der Waals surface area contributed by atoms with E-state index in [0.29, 0.717) is 12.3 Å². The largest absolute Gasteiger partial charge is 0.495 e. The predicted octanol–water partition coefficient (Wildman–Crippen LogP) is 2.42. The van der Waals surface area contributed by atoms with Crippen LogP contribution in [0.3, 0.4) is 0 Å².